The third-order valence-electron chi connectivity index (χ3n) is 7.66. The summed E-state index contributed by atoms with van der Waals surface area (Å²) in [7, 11) is -3.15. The van der Waals surface area contributed by atoms with Gasteiger partial charge in [0.05, 0.1) is 18.1 Å². The van der Waals surface area contributed by atoms with Crippen LogP contribution in [0, 0.1) is 23.7 Å². The number of hydrogen-bond donors (Lipinski definition) is 0. The van der Waals surface area contributed by atoms with E-state index in [1.165, 1.54) is 44.8 Å². The van der Waals surface area contributed by atoms with Gasteiger partial charge in [0.15, 0.2) is 15.7 Å². The SMILES string of the molecule is CC(C)c1noc(C(C)C2CCCC(C3CC3COCc3ccc(S(C)(=O)=O)cc3)CC2)n1. The van der Waals surface area contributed by atoms with E-state index in [0.29, 0.717) is 35.2 Å². The molecule has 0 saturated heterocycles. The number of ether oxygens (including phenoxy) is 1. The molecule has 6 nitrogen and oxygen atoms in total. The minimum Gasteiger partial charge on any atom is -0.376 e. The van der Waals surface area contributed by atoms with Crippen LogP contribution in [0.1, 0.15) is 88.4 Å². The largest absolute Gasteiger partial charge is 0.376 e. The third kappa shape index (κ3) is 6.24. The van der Waals surface area contributed by atoms with E-state index < -0.39 is 9.84 Å². The molecule has 4 rings (SSSR count). The van der Waals surface area contributed by atoms with Gasteiger partial charge < -0.3 is 9.26 Å². The summed E-state index contributed by atoms with van der Waals surface area (Å²) in [5, 5.41) is 4.16. The average Bonchev–Trinajstić information content (AvgIpc) is 3.43. The lowest BCUT2D eigenvalue weighted by Crippen LogP contribution is -2.11. The Bertz CT molecular complexity index is 1020. The van der Waals surface area contributed by atoms with Crippen molar-refractivity contribution < 1.29 is 17.7 Å². The van der Waals surface area contributed by atoms with Crippen molar-refractivity contribution in [2.45, 2.75) is 82.6 Å². The van der Waals surface area contributed by atoms with Gasteiger partial charge in [0.25, 0.3) is 0 Å². The van der Waals surface area contributed by atoms with E-state index in [9.17, 15) is 8.42 Å². The lowest BCUT2D eigenvalue weighted by molar-refractivity contribution is 0.104. The molecule has 5 unspecified atom stereocenters. The van der Waals surface area contributed by atoms with Gasteiger partial charge in [0.1, 0.15) is 0 Å². The van der Waals surface area contributed by atoms with Crippen LogP contribution in [0.3, 0.4) is 0 Å². The number of rotatable bonds is 9. The zero-order valence-corrected chi connectivity index (χ0v) is 21.2. The summed E-state index contributed by atoms with van der Waals surface area (Å²) in [4.78, 5) is 5.00. The van der Waals surface area contributed by atoms with Crippen molar-refractivity contribution in [1.29, 1.82) is 0 Å². The first-order chi connectivity index (χ1) is 15.7. The van der Waals surface area contributed by atoms with Gasteiger partial charge in [-0.25, -0.2) is 8.42 Å². The molecule has 2 aliphatic carbocycles. The molecule has 1 aromatic carbocycles. The second kappa shape index (κ2) is 10.3. The zero-order chi connectivity index (χ0) is 23.6. The standard InChI is InChI=1S/C26H38N2O4S/c1-17(2)25-27-26(32-28-25)18(3)20-6-5-7-21(11-10-20)24-14-22(24)16-31-15-19-8-12-23(13-9-19)33(4,29)30/h8-9,12-13,17-18,20-22,24H,5-7,10-11,14-16H2,1-4H3. The molecule has 0 bridgehead atoms. The number of hydrogen-bond acceptors (Lipinski definition) is 6. The van der Waals surface area contributed by atoms with Crippen molar-refractivity contribution in [1.82, 2.24) is 10.1 Å². The van der Waals surface area contributed by atoms with Crippen LogP contribution in [-0.2, 0) is 21.2 Å². The minimum atomic E-state index is -3.15. The summed E-state index contributed by atoms with van der Waals surface area (Å²) in [5.74, 6) is 5.15. The molecule has 0 radical (unpaired) electrons. The molecular weight excluding hydrogens is 436 g/mol. The molecule has 0 N–H and O–H groups in total. The number of sulfone groups is 1. The molecule has 2 saturated carbocycles. The van der Waals surface area contributed by atoms with Crippen molar-refractivity contribution in [3.05, 3.63) is 41.5 Å². The predicted octanol–water partition coefficient (Wildman–Crippen LogP) is 5.75. The molecule has 33 heavy (non-hydrogen) atoms. The summed E-state index contributed by atoms with van der Waals surface area (Å²) in [6, 6.07) is 7.02. The Morgan fingerprint density at radius 2 is 1.85 bits per heavy atom. The molecule has 2 aromatic rings. The molecule has 7 heteroatoms. The van der Waals surface area contributed by atoms with Crippen molar-refractivity contribution >= 4 is 9.84 Å². The second-order valence-electron chi connectivity index (χ2n) is 10.6. The van der Waals surface area contributed by atoms with Gasteiger partial charge in [0, 0.05) is 18.1 Å². The minimum absolute atomic E-state index is 0.300. The summed E-state index contributed by atoms with van der Waals surface area (Å²) in [6.45, 7) is 7.79. The first kappa shape index (κ1) is 24.4. The molecule has 182 valence electrons. The van der Waals surface area contributed by atoms with E-state index in [4.69, 9.17) is 9.26 Å². The fourth-order valence-corrected chi connectivity index (χ4v) is 5.99. The Balaban J connectivity index is 1.20. The Morgan fingerprint density at radius 1 is 1.09 bits per heavy atom. The molecule has 2 fully saturated rings. The molecule has 2 aliphatic rings. The second-order valence-corrected chi connectivity index (χ2v) is 12.6. The fourth-order valence-electron chi connectivity index (χ4n) is 5.36. The van der Waals surface area contributed by atoms with Crippen molar-refractivity contribution in [3.63, 3.8) is 0 Å². The number of nitrogens with zero attached hydrogens (tertiary/aromatic N) is 2. The van der Waals surface area contributed by atoms with Crippen LogP contribution < -0.4 is 0 Å². The van der Waals surface area contributed by atoms with Gasteiger partial charge in [-0.3, -0.25) is 0 Å². The highest BCUT2D eigenvalue weighted by atomic mass is 32.2. The summed E-state index contributed by atoms with van der Waals surface area (Å²) in [5.41, 5.74) is 1.02. The van der Waals surface area contributed by atoms with E-state index in [2.05, 4.69) is 30.9 Å². The van der Waals surface area contributed by atoms with E-state index in [1.54, 1.807) is 12.1 Å². The highest BCUT2D eigenvalue weighted by molar-refractivity contribution is 7.90. The lowest BCUT2D eigenvalue weighted by Gasteiger charge is -2.19. The monoisotopic (exact) mass is 474 g/mol. The molecule has 1 heterocycles. The van der Waals surface area contributed by atoms with Gasteiger partial charge in [-0.2, -0.15) is 4.98 Å². The van der Waals surface area contributed by atoms with Crippen LogP contribution in [-0.4, -0.2) is 31.4 Å². The molecule has 5 atom stereocenters. The smallest absolute Gasteiger partial charge is 0.229 e. The van der Waals surface area contributed by atoms with Gasteiger partial charge in [0.2, 0.25) is 5.89 Å². The van der Waals surface area contributed by atoms with Crippen LogP contribution in [0.2, 0.25) is 0 Å². The number of aromatic nitrogens is 2. The lowest BCUT2D eigenvalue weighted by atomic mass is 9.86. The first-order valence-corrected chi connectivity index (χ1v) is 14.3. The molecule has 0 amide bonds. The Kier molecular flexibility index (Phi) is 7.59. The number of benzene rings is 1. The average molecular weight is 475 g/mol. The van der Waals surface area contributed by atoms with E-state index in [-0.39, 0.29) is 0 Å². The normalized spacial score (nSPS) is 26.8. The van der Waals surface area contributed by atoms with Crippen LogP contribution in [0.15, 0.2) is 33.7 Å². The van der Waals surface area contributed by atoms with Gasteiger partial charge >= 0.3 is 0 Å². The Labute approximate surface area is 198 Å². The topological polar surface area (TPSA) is 82.3 Å². The third-order valence-corrected chi connectivity index (χ3v) is 8.79. The van der Waals surface area contributed by atoms with E-state index >= 15 is 0 Å². The molecule has 1 aromatic heterocycles. The highest BCUT2D eigenvalue weighted by Gasteiger charge is 2.43. The Morgan fingerprint density at radius 3 is 2.52 bits per heavy atom. The summed E-state index contributed by atoms with van der Waals surface area (Å²) < 4.78 is 34.7. The van der Waals surface area contributed by atoms with Crippen molar-refractivity contribution in [2.75, 3.05) is 12.9 Å². The summed E-state index contributed by atoms with van der Waals surface area (Å²) in [6.07, 6.45) is 8.87. The van der Waals surface area contributed by atoms with E-state index in [0.717, 1.165) is 35.7 Å². The van der Waals surface area contributed by atoms with Gasteiger partial charge in [-0.1, -0.05) is 50.9 Å². The Hall–Kier alpha value is -1.73. The van der Waals surface area contributed by atoms with Crippen LogP contribution in [0.4, 0.5) is 0 Å². The van der Waals surface area contributed by atoms with Gasteiger partial charge in [-0.15, -0.1) is 0 Å². The maximum atomic E-state index is 11.6. The maximum Gasteiger partial charge on any atom is 0.229 e. The quantitative estimate of drug-likeness (QED) is 0.430. The maximum absolute atomic E-state index is 11.6. The predicted molar refractivity (Wildman–Crippen MR) is 128 cm³/mol. The molecular formula is C26H38N2O4S. The van der Waals surface area contributed by atoms with Crippen LogP contribution >= 0.6 is 0 Å². The molecule has 0 aliphatic heterocycles. The van der Waals surface area contributed by atoms with E-state index in [1.807, 2.05) is 12.1 Å². The van der Waals surface area contributed by atoms with Gasteiger partial charge in [-0.05, 0) is 67.1 Å². The fraction of sp³-hybridized carbons (Fsp3) is 0.692. The first-order valence-electron chi connectivity index (χ1n) is 12.4. The summed E-state index contributed by atoms with van der Waals surface area (Å²) >= 11 is 0. The van der Waals surface area contributed by atoms with Crippen LogP contribution in [0.5, 0.6) is 0 Å². The van der Waals surface area contributed by atoms with Crippen molar-refractivity contribution in [3.8, 4) is 0 Å². The zero-order valence-electron chi connectivity index (χ0n) is 20.4. The highest BCUT2D eigenvalue weighted by Crippen LogP contribution is 2.50. The molecule has 0 spiro atoms. The van der Waals surface area contributed by atoms with Crippen molar-refractivity contribution in [2.24, 2.45) is 23.7 Å². The van der Waals surface area contributed by atoms with Crippen LogP contribution in [0.25, 0.3) is 0 Å².